The van der Waals surface area contributed by atoms with Crippen molar-refractivity contribution < 1.29 is 4.74 Å². The van der Waals surface area contributed by atoms with E-state index in [0.29, 0.717) is 11.7 Å². The molecule has 0 radical (unpaired) electrons. The molecule has 0 amide bonds. The summed E-state index contributed by atoms with van der Waals surface area (Å²) >= 11 is 9.28. The molecule has 0 fully saturated rings. The number of hydrogen-bond acceptors (Lipinski definition) is 2. The van der Waals surface area contributed by atoms with Gasteiger partial charge in [0.25, 0.3) is 0 Å². The second-order valence-corrected chi connectivity index (χ2v) is 9.89. The molecular formula is C26H29BrN2OS. The lowest BCUT2D eigenvalue weighted by molar-refractivity contribution is 0.407. The number of hydrogen-bond donors (Lipinski definition) is 1. The van der Waals surface area contributed by atoms with Crippen LogP contribution in [-0.4, -0.2) is 17.1 Å². The molecule has 0 aromatic heterocycles. The summed E-state index contributed by atoms with van der Waals surface area (Å²) in [5.41, 5.74) is 4.83. The van der Waals surface area contributed by atoms with Crippen molar-refractivity contribution in [3.63, 3.8) is 0 Å². The number of thiocarbonyl (C=S) groups is 1. The molecule has 5 heteroatoms. The fourth-order valence-electron chi connectivity index (χ4n) is 3.22. The summed E-state index contributed by atoms with van der Waals surface area (Å²) in [6, 6.07) is 25.0. The summed E-state index contributed by atoms with van der Waals surface area (Å²) in [6.45, 7) is 8.12. The molecule has 0 aliphatic heterocycles. The first-order valence-electron chi connectivity index (χ1n) is 10.3. The molecule has 0 atom stereocenters. The van der Waals surface area contributed by atoms with Crippen LogP contribution in [0.25, 0.3) is 0 Å². The maximum Gasteiger partial charge on any atom is 0.174 e. The molecule has 0 saturated carbocycles. The number of nitrogens with one attached hydrogen (secondary N) is 1. The van der Waals surface area contributed by atoms with Gasteiger partial charge in [-0.25, -0.2) is 0 Å². The van der Waals surface area contributed by atoms with E-state index in [4.69, 9.17) is 17.0 Å². The first-order chi connectivity index (χ1) is 14.7. The maximum absolute atomic E-state index is 5.80. The first kappa shape index (κ1) is 23.3. The van der Waals surface area contributed by atoms with Gasteiger partial charge in [0.1, 0.15) is 5.75 Å². The molecule has 0 unspecified atom stereocenters. The van der Waals surface area contributed by atoms with Crippen LogP contribution in [0.2, 0.25) is 0 Å². The third-order valence-electron chi connectivity index (χ3n) is 5.11. The van der Waals surface area contributed by atoms with Crippen molar-refractivity contribution in [3.05, 3.63) is 94.0 Å². The molecule has 162 valence electrons. The van der Waals surface area contributed by atoms with Gasteiger partial charge in [-0.2, -0.15) is 0 Å². The van der Waals surface area contributed by atoms with Crippen molar-refractivity contribution in [2.24, 2.45) is 0 Å². The number of halogens is 1. The summed E-state index contributed by atoms with van der Waals surface area (Å²) in [4.78, 5) is 2.19. The molecule has 0 aliphatic rings. The van der Waals surface area contributed by atoms with Crippen molar-refractivity contribution in [1.29, 1.82) is 0 Å². The summed E-state index contributed by atoms with van der Waals surface area (Å²) in [5, 5.41) is 4.07. The third-order valence-corrected chi connectivity index (χ3v) is 6.00. The van der Waals surface area contributed by atoms with E-state index in [1.165, 1.54) is 16.7 Å². The fraction of sp³-hybridized carbons (Fsp3) is 0.269. The highest BCUT2D eigenvalue weighted by atomic mass is 79.9. The van der Waals surface area contributed by atoms with E-state index < -0.39 is 0 Å². The van der Waals surface area contributed by atoms with Gasteiger partial charge in [-0.3, -0.25) is 0 Å². The average molecular weight is 498 g/mol. The standard InChI is InChI=1S/C26H29BrN2OS/c1-26(2,3)21-9-5-19(6-10-21)17-29(18-20-7-15-24(30-4)16-8-20)25(31)28-23-13-11-22(27)12-14-23/h5-16H,17-18H2,1-4H3,(H,28,31). The normalized spacial score (nSPS) is 11.1. The number of rotatable bonds is 6. The molecule has 0 aliphatic carbocycles. The van der Waals surface area contributed by atoms with Gasteiger partial charge < -0.3 is 15.0 Å². The molecule has 3 nitrogen and oxygen atoms in total. The SMILES string of the molecule is COc1ccc(CN(Cc2ccc(C(C)(C)C)cc2)C(=S)Nc2ccc(Br)cc2)cc1. The van der Waals surface area contributed by atoms with E-state index in [-0.39, 0.29) is 5.41 Å². The Balaban J connectivity index is 1.80. The second kappa shape index (κ2) is 10.3. The van der Waals surface area contributed by atoms with Gasteiger partial charge in [-0.05, 0) is 70.7 Å². The Morgan fingerprint density at radius 3 is 1.87 bits per heavy atom. The number of anilines is 1. The molecule has 0 spiro atoms. The molecule has 1 N–H and O–H groups in total. The highest BCUT2D eigenvalue weighted by Crippen LogP contribution is 2.23. The lowest BCUT2D eigenvalue weighted by Crippen LogP contribution is -2.33. The Hall–Kier alpha value is -2.37. The van der Waals surface area contributed by atoms with Crippen molar-refractivity contribution in [3.8, 4) is 5.75 Å². The molecule has 3 aromatic rings. The van der Waals surface area contributed by atoms with Crippen LogP contribution in [0.15, 0.2) is 77.3 Å². The van der Waals surface area contributed by atoms with Gasteiger partial charge in [-0.1, -0.05) is 73.1 Å². The Morgan fingerprint density at radius 1 is 0.871 bits per heavy atom. The van der Waals surface area contributed by atoms with Crippen LogP contribution in [-0.2, 0) is 18.5 Å². The lowest BCUT2D eigenvalue weighted by Gasteiger charge is -2.27. The fourth-order valence-corrected chi connectivity index (χ4v) is 3.73. The van der Waals surface area contributed by atoms with Gasteiger partial charge in [0.05, 0.1) is 7.11 Å². The Labute approximate surface area is 199 Å². The van der Waals surface area contributed by atoms with Gasteiger partial charge >= 0.3 is 0 Å². The minimum absolute atomic E-state index is 0.139. The number of methoxy groups -OCH3 is 1. The smallest absolute Gasteiger partial charge is 0.174 e. The molecular weight excluding hydrogens is 468 g/mol. The van der Waals surface area contributed by atoms with E-state index in [1.54, 1.807) is 7.11 Å². The zero-order valence-electron chi connectivity index (χ0n) is 18.5. The maximum atomic E-state index is 5.80. The van der Waals surface area contributed by atoms with Crippen molar-refractivity contribution in [1.82, 2.24) is 4.90 Å². The summed E-state index contributed by atoms with van der Waals surface area (Å²) in [7, 11) is 1.68. The zero-order valence-corrected chi connectivity index (χ0v) is 20.9. The Kier molecular flexibility index (Phi) is 7.74. The van der Waals surface area contributed by atoms with Crippen LogP contribution < -0.4 is 10.1 Å². The van der Waals surface area contributed by atoms with Crippen molar-refractivity contribution in [2.45, 2.75) is 39.3 Å². The lowest BCUT2D eigenvalue weighted by atomic mass is 9.87. The van der Waals surface area contributed by atoms with Crippen LogP contribution in [0.4, 0.5) is 5.69 Å². The van der Waals surface area contributed by atoms with Crippen LogP contribution in [0.1, 0.15) is 37.5 Å². The predicted octanol–water partition coefficient (Wildman–Crippen LogP) is 7.15. The summed E-state index contributed by atoms with van der Waals surface area (Å²) in [6.07, 6.45) is 0. The summed E-state index contributed by atoms with van der Waals surface area (Å²) < 4.78 is 6.33. The van der Waals surface area contributed by atoms with E-state index in [0.717, 1.165) is 22.5 Å². The van der Waals surface area contributed by atoms with Gasteiger partial charge in [0.2, 0.25) is 0 Å². The third kappa shape index (κ3) is 6.81. The Bertz CT molecular complexity index is 994. The molecule has 3 rings (SSSR count). The predicted molar refractivity (Wildman–Crippen MR) is 138 cm³/mol. The Morgan fingerprint density at radius 2 is 1.39 bits per heavy atom. The molecule has 0 saturated heterocycles. The number of ether oxygens (including phenoxy) is 1. The molecule has 0 heterocycles. The molecule has 0 bridgehead atoms. The van der Waals surface area contributed by atoms with Gasteiger partial charge in [0, 0.05) is 23.2 Å². The van der Waals surface area contributed by atoms with Crippen LogP contribution in [0.3, 0.4) is 0 Å². The van der Waals surface area contributed by atoms with Crippen LogP contribution in [0.5, 0.6) is 5.75 Å². The average Bonchev–Trinajstić information content (AvgIpc) is 2.75. The van der Waals surface area contributed by atoms with Crippen molar-refractivity contribution >= 4 is 38.9 Å². The largest absolute Gasteiger partial charge is 0.497 e. The minimum atomic E-state index is 0.139. The number of benzene rings is 3. The highest BCUT2D eigenvalue weighted by molar-refractivity contribution is 9.10. The van der Waals surface area contributed by atoms with Gasteiger partial charge in [0.15, 0.2) is 5.11 Å². The zero-order chi connectivity index (χ0) is 22.4. The van der Waals surface area contributed by atoms with E-state index >= 15 is 0 Å². The summed E-state index contributed by atoms with van der Waals surface area (Å²) in [5.74, 6) is 0.851. The van der Waals surface area contributed by atoms with Crippen molar-refractivity contribution in [2.75, 3.05) is 12.4 Å². The highest BCUT2D eigenvalue weighted by Gasteiger charge is 2.15. The molecule has 3 aromatic carbocycles. The topological polar surface area (TPSA) is 24.5 Å². The van der Waals surface area contributed by atoms with Crippen LogP contribution in [0, 0.1) is 0 Å². The van der Waals surface area contributed by atoms with E-state index in [9.17, 15) is 0 Å². The van der Waals surface area contributed by atoms with E-state index in [2.05, 4.69) is 83.3 Å². The monoisotopic (exact) mass is 496 g/mol. The van der Waals surface area contributed by atoms with E-state index in [1.807, 2.05) is 36.4 Å². The minimum Gasteiger partial charge on any atom is -0.497 e. The first-order valence-corrected chi connectivity index (χ1v) is 11.5. The van der Waals surface area contributed by atoms with Gasteiger partial charge in [-0.15, -0.1) is 0 Å². The molecule has 31 heavy (non-hydrogen) atoms. The number of nitrogens with zero attached hydrogens (tertiary/aromatic N) is 1. The van der Waals surface area contributed by atoms with Crippen LogP contribution >= 0.6 is 28.1 Å². The quantitative estimate of drug-likeness (QED) is 0.366. The second-order valence-electron chi connectivity index (χ2n) is 8.59.